The van der Waals surface area contributed by atoms with Crippen molar-refractivity contribution in [1.29, 1.82) is 5.41 Å². The smallest absolute Gasteiger partial charge is 0.260 e. The molecule has 0 amide bonds. The lowest BCUT2D eigenvalue weighted by Crippen LogP contribution is -2.61. The number of aromatic nitrogens is 2. The lowest BCUT2D eigenvalue weighted by atomic mass is 9.88. The van der Waals surface area contributed by atoms with E-state index >= 15 is 0 Å². The number of imidazole rings is 1. The number of hydrogen-bond donors (Lipinski definition) is 3. The molecular formula is C11H20N6O2S. The average molecular weight is 300 g/mol. The van der Waals surface area contributed by atoms with Gasteiger partial charge in [-0.3, -0.25) is 5.41 Å². The Morgan fingerprint density at radius 2 is 2.05 bits per heavy atom. The lowest BCUT2D eigenvalue weighted by Gasteiger charge is -2.39. The summed E-state index contributed by atoms with van der Waals surface area (Å²) >= 11 is 0. The third-order valence-electron chi connectivity index (χ3n) is 3.64. The highest BCUT2D eigenvalue weighted by Crippen LogP contribution is 2.24. The van der Waals surface area contributed by atoms with E-state index in [4.69, 9.17) is 11.1 Å². The SMILES string of the molecule is CN1CCC(NS(=O)(=O)c2cn(C)cn2)(C(=N)N)CC1. The molecule has 8 nitrogen and oxygen atoms in total. The summed E-state index contributed by atoms with van der Waals surface area (Å²) in [5, 5.41) is 7.70. The van der Waals surface area contributed by atoms with Crippen LogP contribution in [-0.4, -0.2) is 54.4 Å². The Morgan fingerprint density at radius 1 is 1.45 bits per heavy atom. The third-order valence-corrected chi connectivity index (χ3v) is 5.06. The quantitative estimate of drug-likeness (QED) is 0.492. The van der Waals surface area contributed by atoms with Crippen molar-refractivity contribution >= 4 is 15.9 Å². The Morgan fingerprint density at radius 3 is 2.50 bits per heavy atom. The number of aryl methyl sites for hydroxylation is 1. The van der Waals surface area contributed by atoms with Gasteiger partial charge in [0.05, 0.1) is 11.9 Å². The van der Waals surface area contributed by atoms with Gasteiger partial charge in [0.2, 0.25) is 0 Å². The van der Waals surface area contributed by atoms with Crippen molar-refractivity contribution < 1.29 is 8.42 Å². The molecule has 0 radical (unpaired) electrons. The molecule has 1 aromatic rings. The lowest BCUT2D eigenvalue weighted by molar-refractivity contribution is 0.218. The first kappa shape index (κ1) is 14.9. The summed E-state index contributed by atoms with van der Waals surface area (Å²) in [6.45, 7) is 1.37. The van der Waals surface area contributed by atoms with Crippen LogP contribution in [0.3, 0.4) is 0 Å². The van der Waals surface area contributed by atoms with Crippen LogP contribution < -0.4 is 10.5 Å². The standard InChI is InChI=1S/C11H20N6O2S/c1-16-5-3-11(4-6-16,10(12)13)15-20(18,19)9-7-17(2)8-14-9/h7-8,15H,3-6H2,1-2H3,(H3,12,13). The molecule has 2 rings (SSSR count). The van der Waals surface area contributed by atoms with Crippen molar-refractivity contribution in [2.75, 3.05) is 20.1 Å². The molecule has 1 fully saturated rings. The van der Waals surface area contributed by atoms with E-state index in [1.54, 1.807) is 11.6 Å². The van der Waals surface area contributed by atoms with E-state index in [2.05, 4.69) is 14.6 Å². The summed E-state index contributed by atoms with van der Waals surface area (Å²) in [4.78, 5) is 5.93. The fourth-order valence-electron chi connectivity index (χ4n) is 2.26. The van der Waals surface area contributed by atoms with Crippen molar-refractivity contribution in [3.63, 3.8) is 0 Å². The molecule has 2 heterocycles. The van der Waals surface area contributed by atoms with E-state index in [1.165, 1.54) is 12.5 Å². The molecule has 0 atom stereocenters. The minimum Gasteiger partial charge on any atom is -0.386 e. The van der Waals surface area contributed by atoms with Crippen LogP contribution in [0.2, 0.25) is 0 Å². The molecular weight excluding hydrogens is 280 g/mol. The number of piperidine rings is 1. The third kappa shape index (κ3) is 2.84. The van der Waals surface area contributed by atoms with Gasteiger partial charge >= 0.3 is 0 Å². The summed E-state index contributed by atoms with van der Waals surface area (Å²) in [5.74, 6) is -0.148. The normalized spacial score (nSPS) is 19.9. The van der Waals surface area contributed by atoms with E-state index in [1.807, 2.05) is 7.05 Å². The number of nitrogens with two attached hydrogens (primary N) is 1. The fraction of sp³-hybridized carbons (Fsp3) is 0.636. The van der Waals surface area contributed by atoms with Crippen molar-refractivity contribution in [3.8, 4) is 0 Å². The van der Waals surface area contributed by atoms with Gasteiger partial charge in [-0.05, 0) is 19.9 Å². The second kappa shape index (κ2) is 5.15. The maximum absolute atomic E-state index is 12.4. The number of likely N-dealkylation sites (tertiary alicyclic amines) is 1. The second-order valence-corrected chi connectivity index (χ2v) is 6.91. The van der Waals surface area contributed by atoms with Gasteiger partial charge in [0.25, 0.3) is 10.0 Å². The first-order valence-corrected chi connectivity index (χ1v) is 7.78. The summed E-state index contributed by atoms with van der Waals surface area (Å²) in [6, 6.07) is 0. The molecule has 4 N–H and O–H groups in total. The van der Waals surface area contributed by atoms with Crippen LogP contribution in [0.5, 0.6) is 0 Å². The Labute approximate surface area is 118 Å². The fourth-order valence-corrected chi connectivity index (χ4v) is 3.69. The van der Waals surface area contributed by atoms with Gasteiger partial charge in [-0.1, -0.05) is 0 Å². The molecule has 1 saturated heterocycles. The van der Waals surface area contributed by atoms with Crippen LogP contribution in [0, 0.1) is 5.41 Å². The number of sulfonamides is 1. The van der Waals surface area contributed by atoms with Gasteiger partial charge in [0.1, 0.15) is 5.84 Å². The average Bonchev–Trinajstić information content (AvgIpc) is 2.79. The molecule has 9 heteroatoms. The van der Waals surface area contributed by atoms with Gasteiger partial charge < -0.3 is 15.2 Å². The molecule has 20 heavy (non-hydrogen) atoms. The molecule has 0 bridgehead atoms. The van der Waals surface area contributed by atoms with Crippen LogP contribution in [-0.2, 0) is 17.1 Å². The highest BCUT2D eigenvalue weighted by Gasteiger charge is 2.41. The van der Waals surface area contributed by atoms with Crippen LogP contribution in [0.25, 0.3) is 0 Å². The second-order valence-electron chi connectivity index (χ2n) is 5.28. The summed E-state index contributed by atoms with van der Waals surface area (Å²) < 4.78 is 28.8. The van der Waals surface area contributed by atoms with Crippen LogP contribution in [0.4, 0.5) is 0 Å². The van der Waals surface area contributed by atoms with Crippen LogP contribution >= 0.6 is 0 Å². The number of rotatable bonds is 4. The highest BCUT2D eigenvalue weighted by atomic mass is 32.2. The van der Waals surface area contributed by atoms with Crippen molar-refractivity contribution in [2.24, 2.45) is 12.8 Å². The van der Waals surface area contributed by atoms with E-state index in [-0.39, 0.29) is 10.9 Å². The van der Waals surface area contributed by atoms with Gasteiger partial charge in [0.15, 0.2) is 5.03 Å². The Bertz CT molecular complexity index is 600. The summed E-state index contributed by atoms with van der Waals surface area (Å²) in [6.07, 6.45) is 3.80. The van der Waals surface area contributed by atoms with E-state index in [9.17, 15) is 8.42 Å². The van der Waals surface area contributed by atoms with E-state index < -0.39 is 15.6 Å². The summed E-state index contributed by atoms with van der Waals surface area (Å²) in [7, 11) is -0.129. The molecule has 0 spiro atoms. The van der Waals surface area contributed by atoms with Crippen molar-refractivity contribution in [1.82, 2.24) is 19.2 Å². The molecule has 0 saturated carbocycles. The molecule has 0 unspecified atom stereocenters. The molecule has 1 aliphatic heterocycles. The first-order chi connectivity index (χ1) is 9.25. The minimum absolute atomic E-state index is 0.0560. The largest absolute Gasteiger partial charge is 0.386 e. The number of hydrogen-bond acceptors (Lipinski definition) is 5. The first-order valence-electron chi connectivity index (χ1n) is 6.30. The van der Waals surface area contributed by atoms with Gasteiger partial charge in [0, 0.05) is 26.3 Å². The monoisotopic (exact) mass is 300 g/mol. The number of nitrogens with zero attached hydrogens (tertiary/aromatic N) is 3. The van der Waals surface area contributed by atoms with Crippen LogP contribution in [0.1, 0.15) is 12.8 Å². The van der Waals surface area contributed by atoms with Crippen LogP contribution in [0.15, 0.2) is 17.6 Å². The van der Waals surface area contributed by atoms with Gasteiger partial charge in [-0.25, -0.2) is 13.4 Å². The number of amidine groups is 1. The topological polar surface area (TPSA) is 117 Å². The Balaban J connectivity index is 2.27. The Kier molecular flexibility index (Phi) is 3.85. The van der Waals surface area contributed by atoms with E-state index in [0.717, 1.165) is 0 Å². The van der Waals surface area contributed by atoms with Gasteiger partial charge in [-0.15, -0.1) is 0 Å². The summed E-state index contributed by atoms with van der Waals surface area (Å²) in [5.41, 5.74) is 4.64. The predicted molar refractivity (Wildman–Crippen MR) is 74.9 cm³/mol. The molecule has 0 aromatic carbocycles. The molecule has 112 valence electrons. The van der Waals surface area contributed by atoms with Gasteiger partial charge in [-0.2, -0.15) is 4.72 Å². The zero-order valence-corrected chi connectivity index (χ0v) is 12.4. The zero-order chi connectivity index (χ0) is 15.0. The maximum atomic E-state index is 12.4. The predicted octanol–water partition coefficient (Wildman–Crippen LogP) is -0.901. The maximum Gasteiger partial charge on any atom is 0.260 e. The highest BCUT2D eigenvalue weighted by molar-refractivity contribution is 7.89. The minimum atomic E-state index is -3.78. The zero-order valence-electron chi connectivity index (χ0n) is 11.6. The van der Waals surface area contributed by atoms with E-state index in [0.29, 0.717) is 25.9 Å². The number of nitrogens with one attached hydrogen (secondary N) is 2. The molecule has 1 aromatic heterocycles. The van der Waals surface area contributed by atoms with Crippen molar-refractivity contribution in [2.45, 2.75) is 23.4 Å². The van der Waals surface area contributed by atoms with Crippen molar-refractivity contribution in [3.05, 3.63) is 12.5 Å². The molecule has 1 aliphatic rings. The Hall–Kier alpha value is -1.45. The molecule has 0 aliphatic carbocycles.